The zero-order valence-electron chi connectivity index (χ0n) is 11.0. The monoisotopic (exact) mass is 291 g/mol. The van der Waals surface area contributed by atoms with Crippen molar-refractivity contribution >= 4 is 22.9 Å². The highest BCUT2D eigenvalue weighted by Crippen LogP contribution is 2.16. The number of hydrogen-bond donors (Lipinski definition) is 2. The molecule has 5 heteroatoms. The summed E-state index contributed by atoms with van der Waals surface area (Å²) < 4.78 is 5.25. The number of thiophene rings is 1. The third kappa shape index (κ3) is 4.68. The predicted molar refractivity (Wildman–Crippen MR) is 80.3 cm³/mol. The van der Waals surface area contributed by atoms with E-state index in [0.29, 0.717) is 12.2 Å². The van der Waals surface area contributed by atoms with Crippen LogP contribution < -0.4 is 10.1 Å². The zero-order valence-corrected chi connectivity index (χ0v) is 11.9. The average Bonchev–Trinajstić information content (AvgIpc) is 2.98. The summed E-state index contributed by atoms with van der Waals surface area (Å²) in [6.45, 7) is 0.257. The molecule has 0 fully saturated rings. The van der Waals surface area contributed by atoms with Gasteiger partial charge in [-0.25, -0.2) is 0 Å². The van der Waals surface area contributed by atoms with Crippen molar-refractivity contribution < 1.29 is 14.6 Å². The number of carbonyl (C=O) groups excluding carboxylic acids is 1. The zero-order chi connectivity index (χ0) is 14.2. The molecule has 0 radical (unpaired) electrons. The maximum absolute atomic E-state index is 11.8. The van der Waals surface area contributed by atoms with Crippen molar-refractivity contribution in [2.24, 2.45) is 0 Å². The first-order valence-electron chi connectivity index (χ1n) is 6.42. The number of nitrogens with one attached hydrogen (secondary N) is 1. The standard InChI is InChI=1S/C15H17NO3S/c17-8-9-19-14-4-2-13(3-5-14)16-15(18)6-1-12-7-10-20-11-12/h2-5,7,10-11,17H,1,6,8-9H2,(H,16,18). The topological polar surface area (TPSA) is 58.6 Å². The Bertz CT molecular complexity index is 523. The van der Waals surface area contributed by atoms with E-state index >= 15 is 0 Å². The third-order valence-corrected chi connectivity index (χ3v) is 3.45. The van der Waals surface area contributed by atoms with Gasteiger partial charge in [-0.2, -0.15) is 11.3 Å². The largest absolute Gasteiger partial charge is 0.491 e. The minimum absolute atomic E-state index is 0.000210. The molecule has 4 nitrogen and oxygen atoms in total. The number of hydrogen-bond acceptors (Lipinski definition) is 4. The van der Waals surface area contributed by atoms with Crippen LogP contribution in [0.5, 0.6) is 5.75 Å². The van der Waals surface area contributed by atoms with Crippen molar-refractivity contribution in [1.29, 1.82) is 0 Å². The van der Waals surface area contributed by atoms with E-state index in [4.69, 9.17) is 9.84 Å². The molecule has 2 N–H and O–H groups in total. The Morgan fingerprint density at radius 3 is 2.70 bits per heavy atom. The molecule has 0 spiro atoms. The molecule has 1 aromatic carbocycles. The fraction of sp³-hybridized carbons (Fsp3) is 0.267. The van der Waals surface area contributed by atoms with Gasteiger partial charge in [0.15, 0.2) is 0 Å². The van der Waals surface area contributed by atoms with Gasteiger partial charge in [-0.15, -0.1) is 0 Å². The van der Waals surface area contributed by atoms with Gasteiger partial charge in [-0.1, -0.05) is 0 Å². The molecule has 1 heterocycles. The number of carbonyl (C=O) groups is 1. The molecule has 0 unspecified atom stereocenters. The molecule has 0 atom stereocenters. The van der Waals surface area contributed by atoms with Gasteiger partial charge in [0.05, 0.1) is 6.61 Å². The number of ether oxygens (including phenoxy) is 1. The van der Waals surface area contributed by atoms with Crippen molar-refractivity contribution in [3.05, 3.63) is 46.7 Å². The van der Waals surface area contributed by atoms with Gasteiger partial charge in [0.25, 0.3) is 0 Å². The van der Waals surface area contributed by atoms with E-state index in [0.717, 1.165) is 12.1 Å². The lowest BCUT2D eigenvalue weighted by atomic mass is 10.2. The lowest BCUT2D eigenvalue weighted by Gasteiger charge is -2.07. The van der Waals surface area contributed by atoms with Crippen LogP contribution in [0.15, 0.2) is 41.1 Å². The molecule has 0 bridgehead atoms. The third-order valence-electron chi connectivity index (χ3n) is 2.72. The quantitative estimate of drug-likeness (QED) is 0.824. The molecular weight excluding hydrogens is 274 g/mol. The van der Waals surface area contributed by atoms with Gasteiger partial charge in [-0.3, -0.25) is 4.79 Å². The molecule has 0 aliphatic rings. The van der Waals surface area contributed by atoms with Crippen LogP contribution in [0, 0.1) is 0 Å². The van der Waals surface area contributed by atoms with E-state index in [-0.39, 0.29) is 19.1 Å². The van der Waals surface area contributed by atoms with E-state index in [1.807, 2.05) is 11.4 Å². The molecule has 0 aliphatic heterocycles. The molecule has 0 aliphatic carbocycles. The Morgan fingerprint density at radius 2 is 2.05 bits per heavy atom. The van der Waals surface area contributed by atoms with Crippen molar-refractivity contribution in [2.75, 3.05) is 18.5 Å². The highest BCUT2D eigenvalue weighted by atomic mass is 32.1. The van der Waals surface area contributed by atoms with Crippen molar-refractivity contribution in [1.82, 2.24) is 0 Å². The smallest absolute Gasteiger partial charge is 0.224 e. The van der Waals surface area contributed by atoms with E-state index in [2.05, 4.69) is 10.7 Å². The molecule has 2 rings (SSSR count). The Hall–Kier alpha value is -1.85. The average molecular weight is 291 g/mol. The summed E-state index contributed by atoms with van der Waals surface area (Å²) in [6, 6.07) is 9.14. The number of aliphatic hydroxyl groups excluding tert-OH is 1. The molecule has 2 aromatic rings. The maximum Gasteiger partial charge on any atom is 0.224 e. The summed E-state index contributed by atoms with van der Waals surface area (Å²) in [6.07, 6.45) is 1.23. The van der Waals surface area contributed by atoms with Crippen molar-refractivity contribution in [3.8, 4) is 5.75 Å². The van der Waals surface area contributed by atoms with Crippen molar-refractivity contribution in [3.63, 3.8) is 0 Å². The summed E-state index contributed by atoms with van der Waals surface area (Å²) >= 11 is 1.64. The molecule has 106 valence electrons. The lowest BCUT2D eigenvalue weighted by Crippen LogP contribution is -2.12. The van der Waals surface area contributed by atoms with E-state index in [9.17, 15) is 4.79 Å². The number of aryl methyl sites for hydroxylation is 1. The van der Waals surface area contributed by atoms with Crippen LogP contribution in [-0.2, 0) is 11.2 Å². The van der Waals surface area contributed by atoms with Gasteiger partial charge in [-0.05, 0) is 53.1 Å². The lowest BCUT2D eigenvalue weighted by molar-refractivity contribution is -0.116. The highest BCUT2D eigenvalue weighted by Gasteiger charge is 2.04. The van der Waals surface area contributed by atoms with E-state index in [1.165, 1.54) is 5.56 Å². The Labute approximate surface area is 122 Å². The van der Waals surface area contributed by atoms with Crippen LogP contribution >= 0.6 is 11.3 Å². The van der Waals surface area contributed by atoms with Gasteiger partial charge in [0.2, 0.25) is 5.91 Å². The first-order valence-corrected chi connectivity index (χ1v) is 7.37. The second-order valence-corrected chi connectivity index (χ2v) is 5.06. The number of amides is 1. The number of benzene rings is 1. The second-order valence-electron chi connectivity index (χ2n) is 4.28. The fourth-order valence-electron chi connectivity index (χ4n) is 1.71. The second kappa shape index (κ2) is 7.67. The summed E-state index contributed by atoms with van der Waals surface area (Å²) in [4.78, 5) is 11.8. The van der Waals surface area contributed by atoms with E-state index in [1.54, 1.807) is 35.6 Å². The molecule has 0 saturated heterocycles. The number of rotatable bonds is 7. The highest BCUT2D eigenvalue weighted by molar-refractivity contribution is 7.07. The Morgan fingerprint density at radius 1 is 1.25 bits per heavy atom. The van der Waals surface area contributed by atoms with Gasteiger partial charge >= 0.3 is 0 Å². The molecule has 1 amide bonds. The minimum atomic E-state index is -0.0128. The Balaban J connectivity index is 1.78. The van der Waals surface area contributed by atoms with Crippen LogP contribution in [0.25, 0.3) is 0 Å². The van der Waals surface area contributed by atoms with Gasteiger partial charge < -0.3 is 15.2 Å². The van der Waals surface area contributed by atoms with Crippen molar-refractivity contribution in [2.45, 2.75) is 12.8 Å². The fourth-order valence-corrected chi connectivity index (χ4v) is 2.42. The summed E-state index contributed by atoms with van der Waals surface area (Å²) in [5.41, 5.74) is 1.94. The molecule has 20 heavy (non-hydrogen) atoms. The number of anilines is 1. The molecule has 1 aromatic heterocycles. The first-order chi connectivity index (χ1) is 9.78. The van der Waals surface area contributed by atoms with Crippen LogP contribution in [0.2, 0.25) is 0 Å². The van der Waals surface area contributed by atoms with Crippen LogP contribution in [0.3, 0.4) is 0 Å². The normalized spacial score (nSPS) is 10.2. The minimum Gasteiger partial charge on any atom is -0.491 e. The summed E-state index contributed by atoms with van der Waals surface area (Å²) in [7, 11) is 0. The molecule has 0 saturated carbocycles. The van der Waals surface area contributed by atoms with Crippen LogP contribution in [-0.4, -0.2) is 24.2 Å². The van der Waals surface area contributed by atoms with Crippen LogP contribution in [0.1, 0.15) is 12.0 Å². The van der Waals surface area contributed by atoms with E-state index < -0.39 is 0 Å². The predicted octanol–water partition coefficient (Wildman–Crippen LogP) is 2.69. The number of aliphatic hydroxyl groups is 1. The van der Waals surface area contributed by atoms with Gasteiger partial charge in [0, 0.05) is 12.1 Å². The van der Waals surface area contributed by atoms with Gasteiger partial charge in [0.1, 0.15) is 12.4 Å². The molecular formula is C15H17NO3S. The first kappa shape index (κ1) is 14.6. The summed E-state index contributed by atoms with van der Waals surface area (Å²) in [5, 5.41) is 15.6. The summed E-state index contributed by atoms with van der Waals surface area (Å²) in [5.74, 6) is 0.676. The van der Waals surface area contributed by atoms with Crippen LogP contribution in [0.4, 0.5) is 5.69 Å². The Kier molecular flexibility index (Phi) is 5.58. The maximum atomic E-state index is 11.8. The SMILES string of the molecule is O=C(CCc1ccsc1)Nc1ccc(OCCO)cc1.